The van der Waals surface area contributed by atoms with Gasteiger partial charge in [0.2, 0.25) is 11.8 Å². The molecule has 0 aromatic heterocycles. The van der Waals surface area contributed by atoms with Gasteiger partial charge < -0.3 is 15.5 Å². The zero-order valence-electron chi connectivity index (χ0n) is 15.9. The lowest BCUT2D eigenvalue weighted by atomic mass is 9.93. The molecule has 0 spiro atoms. The van der Waals surface area contributed by atoms with E-state index in [2.05, 4.69) is 10.6 Å². The van der Waals surface area contributed by atoms with Crippen LogP contribution >= 0.6 is 12.4 Å². The van der Waals surface area contributed by atoms with Crippen molar-refractivity contribution >= 4 is 29.9 Å². The zero-order chi connectivity index (χ0) is 18.1. The Hall–Kier alpha value is -1.59. The van der Waals surface area contributed by atoms with E-state index in [1.54, 1.807) is 4.90 Å². The molecule has 0 radical (unpaired) electrons. The van der Waals surface area contributed by atoms with Gasteiger partial charge in [-0.25, -0.2) is 0 Å². The minimum Gasteiger partial charge on any atom is -0.331 e. The molecule has 146 valence electrons. The van der Waals surface area contributed by atoms with E-state index in [0.717, 1.165) is 44.5 Å². The van der Waals surface area contributed by atoms with Crippen LogP contribution < -0.4 is 10.6 Å². The minimum atomic E-state index is -0.458. The third kappa shape index (κ3) is 6.96. The first kappa shape index (κ1) is 22.5. The molecule has 1 fully saturated rings. The van der Waals surface area contributed by atoms with Crippen molar-refractivity contribution in [3.05, 3.63) is 30.3 Å². The van der Waals surface area contributed by atoms with Crippen LogP contribution in [-0.4, -0.2) is 42.4 Å². The van der Waals surface area contributed by atoms with Crippen molar-refractivity contribution < 1.29 is 9.59 Å². The molecule has 1 aromatic carbocycles. The highest BCUT2D eigenvalue weighted by Crippen LogP contribution is 2.19. The first-order valence-electron chi connectivity index (χ1n) is 9.48. The van der Waals surface area contributed by atoms with E-state index in [-0.39, 0.29) is 24.2 Å². The summed E-state index contributed by atoms with van der Waals surface area (Å²) in [5, 5.41) is 6.25. The van der Waals surface area contributed by atoms with E-state index in [0.29, 0.717) is 18.9 Å². The van der Waals surface area contributed by atoms with Gasteiger partial charge in [-0.2, -0.15) is 0 Å². The average Bonchev–Trinajstić information content (AvgIpc) is 2.65. The number of carbonyl (C=O) groups is 2. The Morgan fingerprint density at radius 2 is 1.88 bits per heavy atom. The van der Waals surface area contributed by atoms with Crippen molar-refractivity contribution in [1.82, 2.24) is 10.2 Å². The van der Waals surface area contributed by atoms with Crippen LogP contribution in [0.25, 0.3) is 0 Å². The smallest absolute Gasteiger partial charge is 0.246 e. The number of anilines is 1. The van der Waals surface area contributed by atoms with Gasteiger partial charge in [0.1, 0.15) is 6.04 Å². The molecule has 0 aliphatic carbocycles. The topological polar surface area (TPSA) is 61.4 Å². The largest absolute Gasteiger partial charge is 0.331 e. The maximum absolute atomic E-state index is 12.7. The van der Waals surface area contributed by atoms with Gasteiger partial charge in [0.15, 0.2) is 0 Å². The predicted molar refractivity (Wildman–Crippen MR) is 109 cm³/mol. The number of nitrogens with zero attached hydrogens (tertiary/aromatic N) is 1. The summed E-state index contributed by atoms with van der Waals surface area (Å²) in [6.07, 6.45) is 4.60. The van der Waals surface area contributed by atoms with Crippen LogP contribution in [0.5, 0.6) is 0 Å². The third-order valence-electron chi connectivity index (χ3n) is 4.90. The maximum Gasteiger partial charge on any atom is 0.246 e. The van der Waals surface area contributed by atoms with Gasteiger partial charge in [0, 0.05) is 18.7 Å². The minimum absolute atomic E-state index is 0. The quantitative estimate of drug-likeness (QED) is 0.724. The maximum atomic E-state index is 12.7. The summed E-state index contributed by atoms with van der Waals surface area (Å²) in [6.45, 7) is 6.57. The summed E-state index contributed by atoms with van der Waals surface area (Å²) in [5.74, 6) is 0.591. The highest BCUT2D eigenvalue weighted by Gasteiger charge is 2.26. The molecule has 1 saturated heterocycles. The molecular weight excluding hydrogens is 350 g/mol. The van der Waals surface area contributed by atoms with E-state index in [1.807, 2.05) is 44.2 Å². The SMILES string of the molecule is CCCN(C(=O)CCC1CCNCC1)C(C)C(=O)Nc1ccccc1.Cl. The Morgan fingerprint density at radius 1 is 1.23 bits per heavy atom. The van der Waals surface area contributed by atoms with Crippen LogP contribution in [0.2, 0.25) is 0 Å². The Bertz CT molecular complexity index is 547. The van der Waals surface area contributed by atoms with E-state index in [1.165, 1.54) is 0 Å². The van der Waals surface area contributed by atoms with Gasteiger partial charge in [0.25, 0.3) is 0 Å². The molecule has 1 aliphatic heterocycles. The van der Waals surface area contributed by atoms with Crippen molar-refractivity contribution in [1.29, 1.82) is 0 Å². The molecule has 6 heteroatoms. The lowest BCUT2D eigenvalue weighted by molar-refractivity contribution is -0.138. The molecule has 0 saturated carbocycles. The van der Waals surface area contributed by atoms with Gasteiger partial charge in [-0.1, -0.05) is 25.1 Å². The molecule has 0 bridgehead atoms. The summed E-state index contributed by atoms with van der Waals surface area (Å²) in [7, 11) is 0. The summed E-state index contributed by atoms with van der Waals surface area (Å²) in [4.78, 5) is 27.0. The normalized spacial score (nSPS) is 15.6. The van der Waals surface area contributed by atoms with E-state index < -0.39 is 6.04 Å². The van der Waals surface area contributed by atoms with Gasteiger partial charge in [-0.15, -0.1) is 12.4 Å². The molecule has 5 nitrogen and oxygen atoms in total. The number of halogens is 1. The number of nitrogens with one attached hydrogen (secondary N) is 2. The number of hydrogen-bond donors (Lipinski definition) is 2. The van der Waals surface area contributed by atoms with Crippen molar-refractivity contribution in [2.45, 2.75) is 52.0 Å². The van der Waals surface area contributed by atoms with Crippen LogP contribution in [0.15, 0.2) is 30.3 Å². The van der Waals surface area contributed by atoms with Crippen LogP contribution in [0, 0.1) is 5.92 Å². The fraction of sp³-hybridized carbons (Fsp3) is 0.600. The molecule has 1 aliphatic rings. The number of piperidine rings is 1. The zero-order valence-corrected chi connectivity index (χ0v) is 16.7. The second-order valence-electron chi connectivity index (χ2n) is 6.85. The van der Waals surface area contributed by atoms with Crippen molar-refractivity contribution in [2.75, 3.05) is 25.0 Å². The van der Waals surface area contributed by atoms with Crippen molar-refractivity contribution in [2.24, 2.45) is 5.92 Å². The Kier molecular flexibility index (Phi) is 10.3. The molecule has 1 atom stereocenters. The van der Waals surface area contributed by atoms with Crippen LogP contribution in [0.3, 0.4) is 0 Å². The number of benzene rings is 1. The molecule has 2 rings (SSSR count). The lowest BCUT2D eigenvalue weighted by Crippen LogP contribution is -2.46. The number of hydrogen-bond acceptors (Lipinski definition) is 3. The molecule has 2 N–H and O–H groups in total. The van der Waals surface area contributed by atoms with E-state index >= 15 is 0 Å². The van der Waals surface area contributed by atoms with Crippen LogP contribution in [0.4, 0.5) is 5.69 Å². The fourth-order valence-corrected chi connectivity index (χ4v) is 3.33. The van der Waals surface area contributed by atoms with E-state index in [9.17, 15) is 9.59 Å². The summed E-state index contributed by atoms with van der Waals surface area (Å²) in [6, 6.07) is 8.93. The van der Waals surface area contributed by atoms with Gasteiger partial charge in [0.05, 0.1) is 0 Å². The first-order chi connectivity index (χ1) is 12.1. The number of para-hydroxylation sites is 1. The van der Waals surface area contributed by atoms with E-state index in [4.69, 9.17) is 0 Å². The Labute approximate surface area is 163 Å². The number of rotatable bonds is 8. The average molecular weight is 382 g/mol. The number of amides is 2. The lowest BCUT2D eigenvalue weighted by Gasteiger charge is -2.29. The monoisotopic (exact) mass is 381 g/mol. The number of carbonyl (C=O) groups excluding carboxylic acids is 2. The van der Waals surface area contributed by atoms with Crippen molar-refractivity contribution in [3.8, 4) is 0 Å². The fourth-order valence-electron chi connectivity index (χ4n) is 3.33. The predicted octanol–water partition coefficient (Wildman–Crippen LogP) is 3.45. The summed E-state index contributed by atoms with van der Waals surface area (Å²) < 4.78 is 0. The first-order valence-corrected chi connectivity index (χ1v) is 9.48. The standard InChI is InChI=1S/C20H31N3O2.ClH/c1-3-15-23(19(24)10-9-17-11-13-21-14-12-17)16(2)20(25)22-18-7-5-4-6-8-18;/h4-8,16-17,21H,3,9-15H2,1-2H3,(H,22,25);1H. The second-order valence-corrected chi connectivity index (χ2v) is 6.85. The van der Waals surface area contributed by atoms with Crippen LogP contribution in [0.1, 0.15) is 46.0 Å². The molecule has 26 heavy (non-hydrogen) atoms. The Morgan fingerprint density at radius 3 is 2.50 bits per heavy atom. The van der Waals surface area contributed by atoms with Gasteiger partial charge in [-0.3, -0.25) is 9.59 Å². The molecule has 1 aromatic rings. The summed E-state index contributed by atoms with van der Waals surface area (Å²) >= 11 is 0. The second kappa shape index (κ2) is 11.9. The molecule has 1 heterocycles. The molecule has 2 amide bonds. The summed E-state index contributed by atoms with van der Waals surface area (Å²) in [5.41, 5.74) is 0.762. The Balaban J connectivity index is 0.00000338. The van der Waals surface area contributed by atoms with Crippen molar-refractivity contribution in [3.63, 3.8) is 0 Å². The third-order valence-corrected chi connectivity index (χ3v) is 4.90. The van der Waals surface area contributed by atoms with Gasteiger partial charge in [-0.05, 0) is 63.7 Å². The van der Waals surface area contributed by atoms with Crippen LogP contribution in [-0.2, 0) is 9.59 Å². The highest BCUT2D eigenvalue weighted by molar-refractivity contribution is 5.96. The molecule has 1 unspecified atom stereocenters. The van der Waals surface area contributed by atoms with Gasteiger partial charge >= 0.3 is 0 Å². The molecular formula is C20H32ClN3O2. The highest BCUT2D eigenvalue weighted by atomic mass is 35.5.